The highest BCUT2D eigenvalue weighted by molar-refractivity contribution is 9.09. The predicted octanol–water partition coefficient (Wildman–Crippen LogP) is 0.0223. The Morgan fingerprint density at radius 2 is 2.14 bits per heavy atom. The molecule has 0 amide bonds. The lowest BCUT2D eigenvalue weighted by molar-refractivity contribution is 0.770. The Balaban J connectivity index is 2.45. The molecule has 1 nitrogen and oxygen atoms in total. The average Bonchev–Trinajstić information content (AvgIpc) is 1.69. The van der Waals surface area contributed by atoms with Crippen LogP contribution < -0.4 is 5.32 Å². The van der Waals surface area contributed by atoms with Crippen LogP contribution in [0.3, 0.4) is 0 Å². The molecular weight excluding hydrogens is 153 g/mol. The van der Waals surface area contributed by atoms with Crippen molar-refractivity contribution in [2.75, 3.05) is 18.4 Å². The molecule has 0 radical (unpaired) electrons. The summed E-state index contributed by atoms with van der Waals surface area (Å²) in [5, 5.41) is 4.30. The van der Waals surface area contributed by atoms with Crippen molar-refractivity contribution < 1.29 is 0 Å². The smallest absolute Gasteiger partial charge is 0.102 e. The number of halogens is 1. The van der Waals surface area contributed by atoms with Crippen molar-refractivity contribution >= 4 is 23.8 Å². The number of hydrogen-bond acceptors (Lipinski definition) is 1. The molecule has 42 valence electrons. The van der Waals surface area contributed by atoms with Gasteiger partial charge in [0.2, 0.25) is 0 Å². The molecule has 7 heavy (non-hydrogen) atoms. The molecule has 0 saturated heterocycles. The molecule has 0 saturated carbocycles. The van der Waals surface area contributed by atoms with Crippen LogP contribution in [0.1, 0.15) is 0 Å². The van der Waals surface area contributed by atoms with E-state index in [1.54, 1.807) is 0 Å². The molecule has 0 aliphatic heterocycles. The second-order valence-electron chi connectivity index (χ2n) is 1.44. The Hall–Kier alpha value is 0.505. The summed E-state index contributed by atoms with van der Waals surface area (Å²) in [5.74, 6) is 0. The molecule has 0 fully saturated rings. The van der Waals surface area contributed by atoms with Crippen molar-refractivity contribution in [2.45, 2.75) is 6.32 Å². The Labute approximate surface area is 54.4 Å². The molecular formula is C4H11BBrN. The summed E-state index contributed by atoms with van der Waals surface area (Å²) in [5.41, 5.74) is 0. The number of rotatable bonds is 4. The molecule has 0 heterocycles. The topological polar surface area (TPSA) is 12.0 Å². The maximum atomic E-state index is 3.32. The fourth-order valence-electron chi connectivity index (χ4n) is 0.369. The van der Waals surface area contributed by atoms with E-state index in [1.807, 2.05) is 0 Å². The molecule has 0 spiro atoms. The summed E-state index contributed by atoms with van der Waals surface area (Å²) in [6.07, 6.45) is 1.23. The molecule has 0 aromatic rings. The molecule has 0 rings (SSSR count). The molecule has 0 bridgehead atoms. The van der Waals surface area contributed by atoms with Gasteiger partial charge in [0.1, 0.15) is 7.85 Å². The van der Waals surface area contributed by atoms with E-state index in [1.165, 1.54) is 6.32 Å². The van der Waals surface area contributed by atoms with Gasteiger partial charge in [-0.1, -0.05) is 22.3 Å². The van der Waals surface area contributed by atoms with Crippen LogP contribution in [0.25, 0.3) is 0 Å². The maximum absolute atomic E-state index is 3.32. The highest BCUT2D eigenvalue weighted by Gasteiger charge is 1.77. The van der Waals surface area contributed by atoms with Crippen LogP contribution in [-0.2, 0) is 0 Å². The van der Waals surface area contributed by atoms with E-state index in [0.29, 0.717) is 0 Å². The van der Waals surface area contributed by atoms with Crippen LogP contribution in [0, 0.1) is 0 Å². The zero-order valence-corrected chi connectivity index (χ0v) is 6.29. The predicted molar refractivity (Wildman–Crippen MR) is 40.0 cm³/mol. The van der Waals surface area contributed by atoms with Crippen molar-refractivity contribution in [3.8, 4) is 0 Å². The molecule has 0 aromatic heterocycles. The van der Waals surface area contributed by atoms with Gasteiger partial charge in [0, 0.05) is 11.9 Å². The first-order valence-corrected chi connectivity index (χ1v) is 3.80. The van der Waals surface area contributed by atoms with Gasteiger partial charge in [-0.15, -0.1) is 0 Å². The second kappa shape index (κ2) is 6.50. The SMILES string of the molecule is BCCNCCBr. The van der Waals surface area contributed by atoms with Crippen LogP contribution in [0.4, 0.5) is 0 Å². The number of hydrogen-bond donors (Lipinski definition) is 1. The fourth-order valence-corrected chi connectivity index (χ4v) is 0.649. The molecule has 3 heteroatoms. The van der Waals surface area contributed by atoms with E-state index in [-0.39, 0.29) is 0 Å². The van der Waals surface area contributed by atoms with E-state index in [0.717, 1.165) is 18.4 Å². The summed E-state index contributed by atoms with van der Waals surface area (Å²) in [4.78, 5) is 0. The lowest BCUT2D eigenvalue weighted by atomic mass is 10.1. The third-order valence-corrected chi connectivity index (χ3v) is 1.09. The van der Waals surface area contributed by atoms with Gasteiger partial charge in [0.05, 0.1) is 0 Å². The zero-order chi connectivity index (χ0) is 5.54. The van der Waals surface area contributed by atoms with Gasteiger partial charge >= 0.3 is 0 Å². The van der Waals surface area contributed by atoms with Crippen LogP contribution in [0.5, 0.6) is 0 Å². The third kappa shape index (κ3) is 6.50. The fraction of sp³-hybridized carbons (Fsp3) is 1.00. The summed E-state index contributed by atoms with van der Waals surface area (Å²) in [7, 11) is 2.17. The minimum atomic E-state index is 1.06. The van der Waals surface area contributed by atoms with Crippen LogP contribution in [0.15, 0.2) is 0 Å². The number of nitrogens with one attached hydrogen (secondary N) is 1. The van der Waals surface area contributed by atoms with Crippen molar-refractivity contribution in [1.29, 1.82) is 0 Å². The summed E-state index contributed by atoms with van der Waals surface area (Å²) in [6.45, 7) is 2.24. The Morgan fingerprint density at radius 1 is 1.43 bits per heavy atom. The van der Waals surface area contributed by atoms with Gasteiger partial charge in [-0.05, 0) is 6.54 Å². The summed E-state index contributed by atoms with van der Waals surface area (Å²) >= 11 is 3.32. The first kappa shape index (κ1) is 7.50. The molecule has 0 aliphatic rings. The molecule has 0 atom stereocenters. The largest absolute Gasteiger partial charge is 0.317 e. The van der Waals surface area contributed by atoms with Crippen molar-refractivity contribution in [3.05, 3.63) is 0 Å². The van der Waals surface area contributed by atoms with E-state index in [2.05, 4.69) is 29.1 Å². The Kier molecular flexibility index (Phi) is 6.97. The van der Waals surface area contributed by atoms with Crippen LogP contribution in [0.2, 0.25) is 6.32 Å². The van der Waals surface area contributed by atoms with Crippen molar-refractivity contribution in [2.24, 2.45) is 0 Å². The first-order chi connectivity index (χ1) is 3.41. The quantitative estimate of drug-likeness (QED) is 0.350. The normalized spacial score (nSPS) is 9.29. The van der Waals surface area contributed by atoms with Gasteiger partial charge in [0.15, 0.2) is 0 Å². The van der Waals surface area contributed by atoms with Gasteiger partial charge in [-0.3, -0.25) is 0 Å². The number of alkyl halides is 1. The lowest BCUT2D eigenvalue weighted by Crippen LogP contribution is -2.16. The first-order valence-electron chi connectivity index (χ1n) is 2.68. The van der Waals surface area contributed by atoms with Crippen LogP contribution in [-0.4, -0.2) is 26.3 Å². The lowest BCUT2D eigenvalue weighted by Gasteiger charge is -1.94. The molecule has 0 unspecified atom stereocenters. The molecule has 0 aliphatic carbocycles. The van der Waals surface area contributed by atoms with Crippen molar-refractivity contribution in [1.82, 2.24) is 5.32 Å². The van der Waals surface area contributed by atoms with Gasteiger partial charge in [-0.25, -0.2) is 0 Å². The van der Waals surface area contributed by atoms with E-state index >= 15 is 0 Å². The summed E-state index contributed by atoms with van der Waals surface area (Å²) in [6, 6.07) is 0. The van der Waals surface area contributed by atoms with Gasteiger partial charge < -0.3 is 5.32 Å². The Bertz CT molecular complexity index is 30.9. The summed E-state index contributed by atoms with van der Waals surface area (Å²) < 4.78 is 0. The van der Waals surface area contributed by atoms with Crippen LogP contribution >= 0.6 is 15.9 Å². The van der Waals surface area contributed by atoms with E-state index < -0.39 is 0 Å². The second-order valence-corrected chi connectivity index (χ2v) is 2.23. The Morgan fingerprint density at radius 3 is 2.57 bits per heavy atom. The molecule has 1 N–H and O–H groups in total. The van der Waals surface area contributed by atoms with Crippen molar-refractivity contribution in [3.63, 3.8) is 0 Å². The highest BCUT2D eigenvalue weighted by Crippen LogP contribution is 1.74. The standard InChI is InChI=1S/C4H11BBrN/c5-1-3-7-4-2-6/h7H,1-5H2. The van der Waals surface area contributed by atoms with Gasteiger partial charge in [-0.2, -0.15) is 0 Å². The zero-order valence-electron chi connectivity index (χ0n) is 4.71. The maximum Gasteiger partial charge on any atom is 0.102 e. The molecule has 0 aromatic carbocycles. The third-order valence-electron chi connectivity index (χ3n) is 0.698. The van der Waals surface area contributed by atoms with E-state index in [4.69, 9.17) is 0 Å². The monoisotopic (exact) mass is 163 g/mol. The minimum Gasteiger partial charge on any atom is -0.317 e. The highest BCUT2D eigenvalue weighted by atomic mass is 79.9. The van der Waals surface area contributed by atoms with E-state index in [9.17, 15) is 0 Å². The average molecular weight is 164 g/mol. The van der Waals surface area contributed by atoms with Gasteiger partial charge in [0.25, 0.3) is 0 Å². The minimum absolute atomic E-state index is 1.06.